The Kier molecular flexibility index (Phi) is 14.6. The average Bonchev–Trinajstić information content (AvgIpc) is 3.72. The first-order valence-corrected chi connectivity index (χ1v) is 22.2. The van der Waals surface area contributed by atoms with Gasteiger partial charge in [-0.15, -0.1) is 0 Å². The number of hydrogen-bond acceptors (Lipinski definition) is 8. The van der Waals surface area contributed by atoms with Crippen LogP contribution in [-0.4, -0.2) is 70.7 Å². The Hall–Kier alpha value is -5.59. The van der Waals surface area contributed by atoms with Crippen LogP contribution in [0.4, 0.5) is 10.2 Å². The zero-order chi connectivity index (χ0) is 45.6. The maximum atomic E-state index is 16.0. The number of piperidine rings is 1. The van der Waals surface area contributed by atoms with Crippen molar-refractivity contribution in [3.63, 3.8) is 0 Å². The van der Waals surface area contributed by atoms with Crippen molar-refractivity contribution in [1.82, 2.24) is 9.38 Å². The Balaban J connectivity index is 1.15. The molecule has 0 radical (unpaired) electrons. The molecule has 0 saturated carbocycles. The van der Waals surface area contributed by atoms with Crippen LogP contribution in [0.1, 0.15) is 86.9 Å². The van der Waals surface area contributed by atoms with Crippen LogP contribution in [0.15, 0.2) is 103 Å². The number of rotatable bonds is 18. The van der Waals surface area contributed by atoms with E-state index < -0.39 is 23.3 Å². The van der Waals surface area contributed by atoms with Crippen molar-refractivity contribution in [2.24, 2.45) is 0 Å². The molecule has 1 fully saturated rings. The molecule has 64 heavy (non-hydrogen) atoms. The van der Waals surface area contributed by atoms with Crippen molar-refractivity contribution in [2.45, 2.75) is 105 Å². The van der Waals surface area contributed by atoms with Gasteiger partial charge in [-0.05, 0) is 120 Å². The standard InChI is InChI=1S/C53H62FN3O7/c1-35-28-43(54)47(45(29-35)62-34-40-18-13-10-14-19-40)42-21-15-20-41(30-42)44-31-57-49(55-44)38(4)37(3)46(48(51(58)59)64-52(5,6)7)50(57)56-24-22-53(8,23-25-56)63-27-26-60-32-36(2)61-33-39-16-11-9-12-17-39/h9-21,28-31,36,48H,22-27,32-34H2,1-8H3,(H,58,59). The summed E-state index contributed by atoms with van der Waals surface area (Å²) in [6, 6.07) is 31.0. The minimum Gasteiger partial charge on any atom is -0.488 e. The number of imidazole rings is 1. The highest BCUT2D eigenvalue weighted by atomic mass is 19.1. The number of carboxylic acid groups (broad SMARTS) is 1. The molecule has 1 saturated heterocycles. The van der Waals surface area contributed by atoms with Gasteiger partial charge in [0.1, 0.15) is 29.6 Å². The second kappa shape index (κ2) is 20.1. The Morgan fingerprint density at radius 1 is 0.859 bits per heavy atom. The van der Waals surface area contributed by atoms with Gasteiger partial charge in [-0.2, -0.15) is 0 Å². The number of hydrogen-bond donors (Lipinski definition) is 1. The third-order valence-electron chi connectivity index (χ3n) is 11.8. The van der Waals surface area contributed by atoms with Crippen LogP contribution in [0.5, 0.6) is 5.75 Å². The summed E-state index contributed by atoms with van der Waals surface area (Å²) in [6.45, 7) is 18.9. The normalized spacial score (nSPS) is 15.0. The molecule has 0 aliphatic carbocycles. The van der Waals surface area contributed by atoms with Gasteiger partial charge in [-0.25, -0.2) is 14.2 Å². The lowest BCUT2D eigenvalue weighted by Crippen LogP contribution is -2.46. The summed E-state index contributed by atoms with van der Waals surface area (Å²) in [4.78, 5) is 20.6. The molecule has 1 N–H and O–H groups in total. The van der Waals surface area contributed by atoms with E-state index in [2.05, 4.69) is 11.8 Å². The Bertz CT molecular complexity index is 2530. The van der Waals surface area contributed by atoms with E-state index in [1.165, 1.54) is 6.07 Å². The predicted molar refractivity (Wildman–Crippen MR) is 250 cm³/mol. The molecule has 1 aliphatic heterocycles. The molecule has 0 bridgehead atoms. The van der Waals surface area contributed by atoms with E-state index in [1.54, 1.807) is 0 Å². The zero-order valence-corrected chi connectivity index (χ0v) is 38.4. The van der Waals surface area contributed by atoms with Crippen molar-refractivity contribution >= 4 is 17.4 Å². The summed E-state index contributed by atoms with van der Waals surface area (Å²) >= 11 is 0. The van der Waals surface area contributed by atoms with Crippen LogP contribution in [-0.2, 0) is 37.0 Å². The van der Waals surface area contributed by atoms with Crippen molar-refractivity contribution in [1.29, 1.82) is 0 Å². The van der Waals surface area contributed by atoms with Crippen LogP contribution in [0.25, 0.3) is 28.0 Å². The van der Waals surface area contributed by atoms with Gasteiger partial charge in [-0.3, -0.25) is 4.40 Å². The first-order valence-electron chi connectivity index (χ1n) is 22.2. The number of aliphatic carboxylic acids is 1. The predicted octanol–water partition coefficient (Wildman–Crippen LogP) is 11.2. The summed E-state index contributed by atoms with van der Waals surface area (Å²) in [7, 11) is 0. The number of nitrogens with zero attached hydrogens (tertiary/aromatic N) is 3. The van der Waals surface area contributed by atoms with Gasteiger partial charge >= 0.3 is 5.97 Å². The van der Waals surface area contributed by atoms with Crippen LogP contribution < -0.4 is 9.64 Å². The molecule has 0 amide bonds. The summed E-state index contributed by atoms with van der Waals surface area (Å²) < 4.78 is 49.0. The molecular formula is C53H62FN3O7. The highest BCUT2D eigenvalue weighted by Gasteiger charge is 2.38. The third kappa shape index (κ3) is 11.2. The highest BCUT2D eigenvalue weighted by molar-refractivity contribution is 5.82. The monoisotopic (exact) mass is 871 g/mol. The molecule has 0 spiro atoms. The second-order valence-electron chi connectivity index (χ2n) is 18.2. The Labute approximate surface area is 376 Å². The fraction of sp³-hybridized carbons (Fsp3) is 0.396. The SMILES string of the molecule is Cc1cc(F)c(-c2cccc(-c3cn4c(N5CCC(C)(OCCOCC(C)OCc6ccccc6)CC5)c(C(OC(C)(C)C)C(=O)O)c(C)c(C)c4n3)c2)c(OCc2ccccc2)c1. The Morgan fingerprint density at radius 3 is 2.17 bits per heavy atom. The maximum absolute atomic E-state index is 16.0. The topological polar surface area (TPSA) is 104 Å². The molecule has 11 heteroatoms. The van der Waals surface area contributed by atoms with Gasteiger partial charge in [0.2, 0.25) is 0 Å². The molecule has 1 aliphatic rings. The van der Waals surface area contributed by atoms with E-state index in [0.29, 0.717) is 92.7 Å². The van der Waals surface area contributed by atoms with Crippen LogP contribution >= 0.6 is 0 Å². The van der Waals surface area contributed by atoms with E-state index in [4.69, 9.17) is 28.7 Å². The van der Waals surface area contributed by atoms with E-state index in [-0.39, 0.29) is 11.9 Å². The molecule has 3 heterocycles. The Morgan fingerprint density at radius 2 is 1.52 bits per heavy atom. The first kappa shape index (κ1) is 46.4. The van der Waals surface area contributed by atoms with E-state index >= 15 is 4.39 Å². The van der Waals surface area contributed by atoms with Gasteiger partial charge in [-0.1, -0.05) is 78.9 Å². The maximum Gasteiger partial charge on any atom is 0.337 e. The van der Waals surface area contributed by atoms with E-state index in [9.17, 15) is 9.90 Å². The lowest BCUT2D eigenvalue weighted by molar-refractivity contribution is -0.160. The van der Waals surface area contributed by atoms with Gasteiger partial charge in [0.05, 0.1) is 55.0 Å². The molecule has 7 rings (SSSR count). The second-order valence-corrected chi connectivity index (χ2v) is 18.2. The molecule has 338 valence electrons. The minimum atomic E-state index is -1.24. The fourth-order valence-corrected chi connectivity index (χ4v) is 8.30. The molecular weight excluding hydrogens is 810 g/mol. The molecule has 10 nitrogen and oxygen atoms in total. The smallest absolute Gasteiger partial charge is 0.337 e. The van der Waals surface area contributed by atoms with Gasteiger partial charge < -0.3 is 33.7 Å². The molecule has 2 unspecified atom stereocenters. The first-order chi connectivity index (χ1) is 30.6. The minimum absolute atomic E-state index is 0.0543. The molecule has 2 atom stereocenters. The highest BCUT2D eigenvalue weighted by Crippen LogP contribution is 2.42. The van der Waals surface area contributed by atoms with Gasteiger partial charge in [0.15, 0.2) is 6.10 Å². The number of carboxylic acids is 1. The number of halogens is 1. The van der Waals surface area contributed by atoms with Crippen LogP contribution in [0.2, 0.25) is 0 Å². The summed E-state index contributed by atoms with van der Waals surface area (Å²) in [6.07, 6.45) is 2.07. The van der Waals surface area contributed by atoms with Crippen LogP contribution in [0.3, 0.4) is 0 Å². The summed E-state index contributed by atoms with van der Waals surface area (Å²) in [5.74, 6) is -0.264. The summed E-state index contributed by atoms with van der Waals surface area (Å²) in [5, 5.41) is 10.8. The molecule has 4 aromatic carbocycles. The fourth-order valence-electron chi connectivity index (χ4n) is 8.30. The number of aryl methyl sites for hydroxylation is 2. The largest absolute Gasteiger partial charge is 0.488 e. The number of pyridine rings is 1. The van der Waals surface area contributed by atoms with Gasteiger partial charge in [0.25, 0.3) is 0 Å². The van der Waals surface area contributed by atoms with Crippen molar-refractivity contribution in [3.8, 4) is 28.1 Å². The van der Waals surface area contributed by atoms with Gasteiger partial charge in [0, 0.05) is 30.4 Å². The van der Waals surface area contributed by atoms with Crippen molar-refractivity contribution in [2.75, 3.05) is 37.8 Å². The summed E-state index contributed by atoms with van der Waals surface area (Å²) in [5.41, 5.74) is 7.12. The lowest BCUT2D eigenvalue weighted by atomic mass is 9.92. The number of ether oxygens (including phenoxy) is 5. The van der Waals surface area contributed by atoms with E-state index in [0.717, 1.165) is 39.2 Å². The number of benzene rings is 4. The number of carbonyl (C=O) groups is 1. The van der Waals surface area contributed by atoms with Crippen LogP contribution in [0, 0.1) is 26.6 Å². The molecule has 6 aromatic rings. The number of aromatic nitrogens is 2. The van der Waals surface area contributed by atoms with Crippen molar-refractivity contribution in [3.05, 3.63) is 142 Å². The van der Waals surface area contributed by atoms with E-state index in [1.807, 2.05) is 150 Å². The molecule has 2 aromatic heterocycles. The quantitative estimate of drug-likeness (QED) is 0.0846. The number of anilines is 1. The average molecular weight is 872 g/mol. The number of fused-ring (bicyclic) bond motifs is 1. The van der Waals surface area contributed by atoms with Crippen molar-refractivity contribution < 1.29 is 38.0 Å². The third-order valence-corrected chi connectivity index (χ3v) is 11.8. The lowest BCUT2D eigenvalue weighted by Gasteiger charge is -2.42. The zero-order valence-electron chi connectivity index (χ0n) is 38.4.